The molecule has 1 aromatic heterocycles. The summed E-state index contributed by atoms with van der Waals surface area (Å²) in [5, 5.41) is 4.93. The predicted molar refractivity (Wildman–Crippen MR) is 62.4 cm³/mol. The number of anilines is 1. The van der Waals surface area contributed by atoms with Crippen molar-refractivity contribution in [2.24, 2.45) is 5.73 Å². The summed E-state index contributed by atoms with van der Waals surface area (Å²) >= 11 is 1.35. The van der Waals surface area contributed by atoms with E-state index in [4.69, 9.17) is 10.5 Å². The zero-order valence-corrected chi connectivity index (χ0v) is 10.1. The number of hydrogen-bond donors (Lipinski definition) is 2. The lowest BCUT2D eigenvalue weighted by Gasteiger charge is -2.16. The SMILES string of the molecule is CO[C@H](C)[C@H](N)C(=O)Nc1nccs1.Cl. The predicted octanol–water partition coefficient (Wildman–Crippen LogP) is 0.866. The van der Waals surface area contributed by atoms with Gasteiger partial charge in [-0.25, -0.2) is 4.98 Å². The van der Waals surface area contributed by atoms with Crippen molar-refractivity contribution in [3.63, 3.8) is 0 Å². The third-order valence-electron chi connectivity index (χ3n) is 1.84. The summed E-state index contributed by atoms with van der Waals surface area (Å²) in [5.74, 6) is -0.283. The van der Waals surface area contributed by atoms with Crippen molar-refractivity contribution in [2.75, 3.05) is 12.4 Å². The summed E-state index contributed by atoms with van der Waals surface area (Å²) in [5.41, 5.74) is 5.63. The van der Waals surface area contributed by atoms with Gasteiger partial charge in [0, 0.05) is 18.7 Å². The van der Waals surface area contributed by atoms with Crippen molar-refractivity contribution in [2.45, 2.75) is 19.1 Å². The molecule has 1 rings (SSSR count). The Morgan fingerprint density at radius 1 is 1.73 bits per heavy atom. The first-order valence-corrected chi connectivity index (χ1v) is 5.02. The van der Waals surface area contributed by atoms with Crippen LogP contribution < -0.4 is 11.1 Å². The molecule has 0 unspecified atom stereocenters. The number of nitrogens with zero attached hydrogens (tertiary/aromatic N) is 1. The van der Waals surface area contributed by atoms with E-state index in [-0.39, 0.29) is 24.4 Å². The molecule has 1 aromatic rings. The van der Waals surface area contributed by atoms with E-state index in [0.717, 1.165) is 0 Å². The number of hydrogen-bond acceptors (Lipinski definition) is 5. The van der Waals surface area contributed by atoms with Gasteiger partial charge in [0.2, 0.25) is 5.91 Å². The van der Waals surface area contributed by atoms with Gasteiger partial charge in [0.25, 0.3) is 0 Å². The highest BCUT2D eigenvalue weighted by molar-refractivity contribution is 7.13. The maximum atomic E-state index is 11.5. The molecule has 0 aliphatic heterocycles. The van der Waals surface area contributed by atoms with Crippen LogP contribution in [0, 0.1) is 0 Å². The third-order valence-corrected chi connectivity index (χ3v) is 2.53. The second-order valence-corrected chi connectivity index (χ2v) is 3.69. The van der Waals surface area contributed by atoms with Crippen molar-refractivity contribution in [1.29, 1.82) is 0 Å². The number of nitrogens with one attached hydrogen (secondary N) is 1. The highest BCUT2D eigenvalue weighted by Gasteiger charge is 2.20. The summed E-state index contributed by atoms with van der Waals surface area (Å²) < 4.78 is 4.95. The van der Waals surface area contributed by atoms with Gasteiger partial charge in [0.1, 0.15) is 6.04 Å². The average molecular weight is 252 g/mol. The fourth-order valence-corrected chi connectivity index (χ4v) is 1.37. The standard InChI is InChI=1S/C8H13N3O2S.ClH/c1-5(13-2)6(9)7(12)11-8-10-3-4-14-8;/h3-6H,9H2,1-2H3,(H,10,11,12);1H/t5-,6+;/m1./s1. The van der Waals surface area contributed by atoms with Gasteiger partial charge in [-0.2, -0.15) is 0 Å². The molecule has 0 saturated heterocycles. The molecule has 7 heteroatoms. The van der Waals surface area contributed by atoms with Crippen LogP contribution in [0.1, 0.15) is 6.92 Å². The number of methoxy groups -OCH3 is 1. The van der Waals surface area contributed by atoms with Crippen LogP contribution >= 0.6 is 23.7 Å². The fourth-order valence-electron chi connectivity index (χ4n) is 0.834. The zero-order valence-electron chi connectivity index (χ0n) is 8.47. The summed E-state index contributed by atoms with van der Waals surface area (Å²) in [6.45, 7) is 1.74. The van der Waals surface area contributed by atoms with E-state index in [2.05, 4.69) is 10.3 Å². The van der Waals surface area contributed by atoms with Crippen molar-refractivity contribution >= 4 is 34.8 Å². The topological polar surface area (TPSA) is 77.2 Å². The maximum Gasteiger partial charge on any atom is 0.245 e. The Morgan fingerprint density at radius 3 is 2.87 bits per heavy atom. The lowest BCUT2D eigenvalue weighted by Crippen LogP contribution is -2.44. The van der Waals surface area contributed by atoms with Gasteiger partial charge in [0.15, 0.2) is 5.13 Å². The molecular formula is C8H14ClN3O2S. The monoisotopic (exact) mass is 251 g/mol. The quantitative estimate of drug-likeness (QED) is 0.832. The Morgan fingerprint density at radius 2 is 2.40 bits per heavy atom. The summed E-state index contributed by atoms with van der Waals surface area (Å²) in [6.07, 6.45) is 1.31. The molecule has 3 N–H and O–H groups in total. The molecule has 0 spiro atoms. The minimum Gasteiger partial charge on any atom is -0.380 e. The van der Waals surface area contributed by atoms with E-state index in [9.17, 15) is 4.79 Å². The molecule has 0 aliphatic rings. The van der Waals surface area contributed by atoms with Crippen LogP contribution in [0.25, 0.3) is 0 Å². The molecule has 0 radical (unpaired) electrons. The fraction of sp³-hybridized carbons (Fsp3) is 0.500. The second kappa shape index (κ2) is 6.73. The van der Waals surface area contributed by atoms with Gasteiger partial charge in [-0.05, 0) is 6.92 Å². The van der Waals surface area contributed by atoms with Crippen LogP contribution in [0.2, 0.25) is 0 Å². The molecule has 1 amide bonds. The van der Waals surface area contributed by atoms with Gasteiger partial charge in [-0.3, -0.25) is 4.79 Å². The van der Waals surface area contributed by atoms with Gasteiger partial charge in [0.05, 0.1) is 6.10 Å². The lowest BCUT2D eigenvalue weighted by atomic mass is 10.2. The lowest BCUT2D eigenvalue weighted by molar-refractivity contribution is -0.119. The highest BCUT2D eigenvalue weighted by atomic mass is 35.5. The van der Waals surface area contributed by atoms with E-state index in [1.54, 1.807) is 18.5 Å². The molecule has 0 fully saturated rings. The van der Waals surface area contributed by atoms with Gasteiger partial charge >= 0.3 is 0 Å². The molecule has 0 bridgehead atoms. The molecule has 86 valence electrons. The third kappa shape index (κ3) is 4.13. The Hall–Kier alpha value is -0.690. The zero-order chi connectivity index (χ0) is 10.6. The van der Waals surface area contributed by atoms with Gasteiger partial charge in [-0.1, -0.05) is 0 Å². The number of carbonyl (C=O) groups is 1. The van der Waals surface area contributed by atoms with Gasteiger partial charge in [-0.15, -0.1) is 23.7 Å². The first-order valence-electron chi connectivity index (χ1n) is 4.14. The average Bonchev–Trinajstić information content (AvgIpc) is 2.68. The maximum absolute atomic E-state index is 11.5. The van der Waals surface area contributed by atoms with Crippen LogP contribution in [0.3, 0.4) is 0 Å². The van der Waals surface area contributed by atoms with Crippen molar-refractivity contribution in [3.8, 4) is 0 Å². The molecule has 0 aromatic carbocycles. The largest absolute Gasteiger partial charge is 0.380 e. The number of rotatable bonds is 4. The molecule has 2 atom stereocenters. The Labute approximate surface area is 98.4 Å². The summed E-state index contributed by atoms with van der Waals surface area (Å²) in [7, 11) is 1.52. The highest BCUT2D eigenvalue weighted by Crippen LogP contribution is 2.10. The van der Waals surface area contributed by atoms with Crippen molar-refractivity contribution < 1.29 is 9.53 Å². The van der Waals surface area contributed by atoms with Crippen LogP contribution in [-0.4, -0.2) is 30.1 Å². The minimum atomic E-state index is -0.677. The number of ether oxygens (including phenoxy) is 1. The number of nitrogens with two attached hydrogens (primary N) is 1. The van der Waals surface area contributed by atoms with Crippen LogP contribution in [0.4, 0.5) is 5.13 Å². The molecule has 0 aliphatic carbocycles. The number of amides is 1. The number of aromatic nitrogens is 1. The first kappa shape index (κ1) is 14.3. The second-order valence-electron chi connectivity index (χ2n) is 2.79. The van der Waals surface area contributed by atoms with E-state index in [1.807, 2.05) is 0 Å². The van der Waals surface area contributed by atoms with E-state index >= 15 is 0 Å². The molecule has 15 heavy (non-hydrogen) atoms. The number of halogens is 1. The smallest absolute Gasteiger partial charge is 0.245 e. The van der Waals surface area contributed by atoms with E-state index in [1.165, 1.54) is 18.4 Å². The Bertz CT molecular complexity index is 294. The van der Waals surface area contributed by atoms with Crippen LogP contribution in [-0.2, 0) is 9.53 Å². The number of thiazole rings is 1. The summed E-state index contributed by atoms with van der Waals surface area (Å²) in [6, 6.07) is -0.677. The Kier molecular flexibility index (Phi) is 6.42. The first-order chi connectivity index (χ1) is 6.65. The van der Waals surface area contributed by atoms with Crippen LogP contribution in [0.15, 0.2) is 11.6 Å². The van der Waals surface area contributed by atoms with Crippen LogP contribution in [0.5, 0.6) is 0 Å². The normalized spacial score (nSPS) is 13.8. The van der Waals surface area contributed by atoms with Crippen molar-refractivity contribution in [1.82, 2.24) is 4.98 Å². The number of carbonyl (C=O) groups excluding carboxylic acids is 1. The van der Waals surface area contributed by atoms with E-state index < -0.39 is 6.04 Å². The minimum absolute atomic E-state index is 0. The molecule has 1 heterocycles. The molecule has 0 saturated carbocycles. The Balaban J connectivity index is 0.00000196. The molecular weight excluding hydrogens is 238 g/mol. The summed E-state index contributed by atoms with van der Waals surface area (Å²) in [4.78, 5) is 15.4. The van der Waals surface area contributed by atoms with E-state index in [0.29, 0.717) is 5.13 Å². The van der Waals surface area contributed by atoms with Gasteiger partial charge < -0.3 is 15.8 Å². The molecule has 5 nitrogen and oxygen atoms in total. The van der Waals surface area contributed by atoms with Crippen molar-refractivity contribution in [3.05, 3.63) is 11.6 Å².